The Morgan fingerprint density at radius 3 is 2.53 bits per heavy atom. The van der Waals surface area contributed by atoms with E-state index in [1.54, 1.807) is 14.2 Å². The molecule has 0 N–H and O–H groups in total. The van der Waals surface area contributed by atoms with Crippen LogP contribution in [0.5, 0.6) is 28.7 Å². The summed E-state index contributed by atoms with van der Waals surface area (Å²) in [6.45, 7) is 3.20. The molecule has 1 unspecified atom stereocenters. The molecule has 3 aromatic carbocycles. The van der Waals surface area contributed by atoms with Gasteiger partial charge >= 0.3 is 0 Å². The standard InChI is InChI=1S/C29H29NO6/c1-4-5-6-12-30-22-9-7-8-20(19-11-10-18(32-2)13-23(19)33-3)27(22)29(28(30)31)16-34-24-15-26-25(14-21(24)29)35-17-36-26/h7-11,13-15H,4-6,12,16-17H2,1-3H3. The van der Waals surface area contributed by atoms with Gasteiger partial charge in [-0.25, -0.2) is 0 Å². The summed E-state index contributed by atoms with van der Waals surface area (Å²) in [5.74, 6) is 3.35. The van der Waals surface area contributed by atoms with E-state index in [1.165, 1.54) is 0 Å². The first-order valence-electron chi connectivity index (χ1n) is 12.4. The van der Waals surface area contributed by atoms with Crippen LogP contribution in [0.3, 0.4) is 0 Å². The molecule has 1 atom stereocenters. The summed E-state index contributed by atoms with van der Waals surface area (Å²) in [6, 6.07) is 15.6. The number of methoxy groups -OCH3 is 2. The molecule has 1 spiro atoms. The van der Waals surface area contributed by atoms with Crippen molar-refractivity contribution in [2.45, 2.75) is 31.6 Å². The predicted molar refractivity (Wildman–Crippen MR) is 136 cm³/mol. The van der Waals surface area contributed by atoms with Crippen LogP contribution in [0.1, 0.15) is 37.3 Å². The van der Waals surface area contributed by atoms with E-state index < -0.39 is 5.41 Å². The van der Waals surface area contributed by atoms with Gasteiger partial charge in [-0.15, -0.1) is 0 Å². The second-order valence-electron chi connectivity index (χ2n) is 9.33. The lowest BCUT2D eigenvalue weighted by molar-refractivity contribution is -0.122. The molecule has 1 amide bonds. The first-order chi connectivity index (χ1) is 17.6. The number of carbonyl (C=O) groups is 1. The number of anilines is 1. The fraction of sp³-hybridized carbons (Fsp3) is 0.345. The van der Waals surface area contributed by atoms with Gasteiger partial charge in [0.2, 0.25) is 12.7 Å². The molecule has 0 saturated carbocycles. The normalized spacial score (nSPS) is 18.9. The molecular weight excluding hydrogens is 458 g/mol. The number of carbonyl (C=O) groups excluding carboxylic acids is 1. The smallest absolute Gasteiger partial charge is 0.245 e. The van der Waals surface area contributed by atoms with Crippen molar-refractivity contribution in [2.24, 2.45) is 0 Å². The molecule has 3 heterocycles. The van der Waals surface area contributed by atoms with Gasteiger partial charge in [-0.2, -0.15) is 0 Å². The molecule has 0 aliphatic carbocycles. The first kappa shape index (κ1) is 22.6. The van der Waals surface area contributed by atoms with Crippen LogP contribution in [0, 0.1) is 0 Å². The number of hydrogen-bond donors (Lipinski definition) is 0. The third-order valence-corrected chi connectivity index (χ3v) is 7.43. The van der Waals surface area contributed by atoms with Gasteiger partial charge in [0.15, 0.2) is 11.5 Å². The molecule has 3 aliphatic heterocycles. The van der Waals surface area contributed by atoms with Gasteiger partial charge in [0, 0.05) is 41.1 Å². The summed E-state index contributed by atoms with van der Waals surface area (Å²) >= 11 is 0. The Balaban J connectivity index is 1.59. The van der Waals surface area contributed by atoms with E-state index in [9.17, 15) is 4.79 Å². The van der Waals surface area contributed by atoms with Crippen LogP contribution in [0.25, 0.3) is 11.1 Å². The summed E-state index contributed by atoms with van der Waals surface area (Å²) in [4.78, 5) is 16.3. The Morgan fingerprint density at radius 2 is 1.75 bits per heavy atom. The summed E-state index contributed by atoms with van der Waals surface area (Å²) < 4.78 is 28.7. The second-order valence-corrected chi connectivity index (χ2v) is 9.33. The lowest BCUT2D eigenvalue weighted by atomic mass is 9.74. The highest BCUT2D eigenvalue weighted by molar-refractivity contribution is 6.13. The molecule has 0 aromatic heterocycles. The van der Waals surface area contributed by atoms with Crippen molar-refractivity contribution in [2.75, 3.05) is 39.1 Å². The number of fused-ring (bicyclic) bond motifs is 5. The fourth-order valence-corrected chi connectivity index (χ4v) is 5.67. The van der Waals surface area contributed by atoms with Crippen molar-refractivity contribution in [3.63, 3.8) is 0 Å². The minimum absolute atomic E-state index is 0.0335. The van der Waals surface area contributed by atoms with Crippen molar-refractivity contribution < 1.29 is 28.5 Å². The molecule has 7 heteroatoms. The van der Waals surface area contributed by atoms with E-state index in [4.69, 9.17) is 23.7 Å². The number of unbranched alkanes of at least 4 members (excludes halogenated alkanes) is 2. The van der Waals surface area contributed by atoms with Gasteiger partial charge in [-0.05, 0) is 36.2 Å². The molecule has 36 heavy (non-hydrogen) atoms. The van der Waals surface area contributed by atoms with E-state index in [1.807, 2.05) is 47.4 Å². The fourth-order valence-electron chi connectivity index (χ4n) is 5.67. The number of hydrogen-bond acceptors (Lipinski definition) is 6. The third kappa shape index (κ3) is 3.15. The molecule has 0 bridgehead atoms. The van der Waals surface area contributed by atoms with Crippen LogP contribution in [0.4, 0.5) is 5.69 Å². The van der Waals surface area contributed by atoms with Crippen LogP contribution in [0.2, 0.25) is 0 Å². The number of rotatable bonds is 7. The molecular formula is C29H29NO6. The lowest BCUT2D eigenvalue weighted by Crippen LogP contribution is -2.43. The second kappa shape index (κ2) is 8.66. The molecule has 6 rings (SSSR count). The number of benzene rings is 3. The van der Waals surface area contributed by atoms with Crippen molar-refractivity contribution in [3.05, 3.63) is 59.7 Å². The van der Waals surface area contributed by atoms with Crippen molar-refractivity contribution >= 4 is 11.6 Å². The highest BCUT2D eigenvalue weighted by Crippen LogP contribution is 2.58. The van der Waals surface area contributed by atoms with Gasteiger partial charge in [0.25, 0.3) is 0 Å². The van der Waals surface area contributed by atoms with Crippen LogP contribution < -0.4 is 28.6 Å². The summed E-state index contributed by atoms with van der Waals surface area (Å²) in [5.41, 5.74) is 3.52. The highest BCUT2D eigenvalue weighted by atomic mass is 16.7. The third-order valence-electron chi connectivity index (χ3n) is 7.43. The van der Waals surface area contributed by atoms with E-state index in [-0.39, 0.29) is 19.3 Å². The minimum atomic E-state index is -0.987. The van der Waals surface area contributed by atoms with Crippen LogP contribution >= 0.6 is 0 Å². The van der Waals surface area contributed by atoms with Crippen molar-refractivity contribution in [1.82, 2.24) is 0 Å². The molecule has 0 fully saturated rings. The summed E-state index contributed by atoms with van der Waals surface area (Å²) in [7, 11) is 3.28. The van der Waals surface area contributed by atoms with E-state index in [2.05, 4.69) is 13.0 Å². The number of amides is 1. The molecule has 3 aliphatic rings. The molecule has 3 aromatic rings. The Morgan fingerprint density at radius 1 is 0.917 bits per heavy atom. The van der Waals surface area contributed by atoms with Crippen LogP contribution in [0.15, 0.2) is 48.5 Å². The zero-order valence-electron chi connectivity index (χ0n) is 20.8. The SMILES string of the molecule is CCCCCN1C(=O)C2(COc3cc4c(cc32)OCO4)c2c(-c3ccc(OC)cc3OC)cccc21. The number of nitrogens with zero attached hydrogens (tertiary/aromatic N) is 1. The van der Waals surface area contributed by atoms with Gasteiger partial charge < -0.3 is 28.6 Å². The topological polar surface area (TPSA) is 66.5 Å². The van der Waals surface area contributed by atoms with Crippen LogP contribution in [-0.4, -0.2) is 40.1 Å². The van der Waals surface area contributed by atoms with Crippen molar-refractivity contribution in [1.29, 1.82) is 0 Å². The Hall–Kier alpha value is -3.87. The van der Waals surface area contributed by atoms with Gasteiger partial charge in [0.1, 0.15) is 29.3 Å². The van der Waals surface area contributed by atoms with Crippen LogP contribution in [-0.2, 0) is 10.2 Å². The maximum absolute atomic E-state index is 14.4. The zero-order chi connectivity index (χ0) is 24.9. The van der Waals surface area contributed by atoms with Gasteiger partial charge in [-0.3, -0.25) is 4.79 Å². The number of ether oxygens (including phenoxy) is 5. The molecule has 0 saturated heterocycles. The average Bonchev–Trinajstić information content (AvgIpc) is 3.59. The van der Waals surface area contributed by atoms with E-state index in [0.717, 1.165) is 47.2 Å². The summed E-state index contributed by atoms with van der Waals surface area (Å²) in [5, 5.41) is 0. The largest absolute Gasteiger partial charge is 0.497 e. The van der Waals surface area contributed by atoms with Gasteiger partial charge in [-0.1, -0.05) is 31.9 Å². The maximum Gasteiger partial charge on any atom is 0.245 e. The predicted octanol–water partition coefficient (Wildman–Crippen LogP) is 5.31. The summed E-state index contributed by atoms with van der Waals surface area (Å²) in [6.07, 6.45) is 3.07. The van der Waals surface area contributed by atoms with Crippen molar-refractivity contribution in [3.8, 4) is 39.9 Å². The van der Waals surface area contributed by atoms with E-state index in [0.29, 0.717) is 35.3 Å². The molecule has 7 nitrogen and oxygen atoms in total. The minimum Gasteiger partial charge on any atom is -0.497 e. The van der Waals surface area contributed by atoms with E-state index >= 15 is 0 Å². The monoisotopic (exact) mass is 487 g/mol. The Bertz CT molecular complexity index is 1350. The van der Waals surface area contributed by atoms with Gasteiger partial charge in [0.05, 0.1) is 14.2 Å². The Kier molecular flexibility index (Phi) is 5.43. The molecule has 0 radical (unpaired) electrons. The maximum atomic E-state index is 14.4. The first-order valence-corrected chi connectivity index (χ1v) is 12.4. The quantitative estimate of drug-likeness (QED) is 0.421. The lowest BCUT2D eigenvalue weighted by Gasteiger charge is -2.25. The highest BCUT2D eigenvalue weighted by Gasteiger charge is 2.58. The average molecular weight is 488 g/mol. The zero-order valence-corrected chi connectivity index (χ0v) is 20.8. The molecule has 186 valence electrons. The Labute approximate surface area is 210 Å².